The highest BCUT2D eigenvalue weighted by atomic mass is 19.1. The summed E-state index contributed by atoms with van der Waals surface area (Å²) in [6, 6.07) is 7.14. The van der Waals surface area contributed by atoms with Gasteiger partial charge in [0.05, 0.1) is 11.7 Å². The van der Waals surface area contributed by atoms with Crippen LogP contribution in [0.1, 0.15) is 13.8 Å². The van der Waals surface area contributed by atoms with Crippen LogP contribution in [0.2, 0.25) is 0 Å². The Labute approximate surface area is 84.5 Å². The molecule has 1 aromatic carbocycles. The highest BCUT2D eigenvalue weighted by molar-refractivity contribution is 5.45. The van der Waals surface area contributed by atoms with Crippen molar-refractivity contribution in [3.8, 4) is 0 Å². The van der Waals surface area contributed by atoms with Gasteiger partial charge in [-0.25, -0.2) is 4.39 Å². The molecule has 0 atom stereocenters. The Morgan fingerprint density at radius 1 is 1.29 bits per heavy atom. The maximum atomic E-state index is 13.0. The molecule has 1 fully saturated rings. The minimum Gasteiger partial charge on any atom is -0.377 e. The topological polar surface area (TPSA) is 24.1 Å². The Balaban J connectivity index is 0.000000461. The zero-order chi connectivity index (χ0) is 10.4. The molecule has 0 spiro atoms. The van der Waals surface area contributed by atoms with Crippen LogP contribution in [-0.2, 0) is 0 Å². The van der Waals surface area contributed by atoms with E-state index in [-0.39, 0.29) is 5.82 Å². The fraction of sp³-hybridized carbons (Fsp3) is 0.455. The highest BCUT2D eigenvalue weighted by Gasteiger charge is 2.16. The number of anilines is 1. The molecule has 0 aliphatic carbocycles. The van der Waals surface area contributed by atoms with Crippen molar-refractivity contribution in [2.45, 2.75) is 19.9 Å². The Morgan fingerprint density at radius 2 is 1.93 bits per heavy atom. The molecular formula is C11H17FN2. The summed E-state index contributed by atoms with van der Waals surface area (Å²) in [5.41, 5.74) is 0.601. The van der Waals surface area contributed by atoms with Crippen LogP contribution < -0.4 is 10.6 Å². The lowest BCUT2D eigenvalue weighted by Gasteiger charge is -2.29. The van der Waals surface area contributed by atoms with Crippen LogP contribution in [0.15, 0.2) is 24.3 Å². The molecule has 0 bridgehead atoms. The second kappa shape index (κ2) is 5.60. The lowest BCUT2D eigenvalue weighted by atomic mass is 10.1. The van der Waals surface area contributed by atoms with E-state index in [0.29, 0.717) is 11.7 Å². The standard InChI is InChI=1S/C9H11FN2.C2H6/c10-8-3-1-2-4-9(8)12-7-5-11-6-7;1-2/h1-4,7,11-12H,5-6H2;1-2H3. The Bertz CT molecular complexity index is 272. The van der Waals surface area contributed by atoms with Gasteiger partial charge in [-0.3, -0.25) is 0 Å². The summed E-state index contributed by atoms with van der Waals surface area (Å²) in [5, 5.41) is 6.23. The van der Waals surface area contributed by atoms with E-state index in [1.54, 1.807) is 12.1 Å². The van der Waals surface area contributed by atoms with Crippen molar-refractivity contribution in [3.05, 3.63) is 30.1 Å². The maximum Gasteiger partial charge on any atom is 0.146 e. The van der Waals surface area contributed by atoms with E-state index in [1.165, 1.54) is 6.07 Å². The van der Waals surface area contributed by atoms with Gasteiger partial charge >= 0.3 is 0 Å². The summed E-state index contributed by atoms with van der Waals surface area (Å²) in [6.07, 6.45) is 0. The molecule has 0 amide bonds. The Morgan fingerprint density at radius 3 is 2.43 bits per heavy atom. The van der Waals surface area contributed by atoms with Gasteiger partial charge in [-0.1, -0.05) is 26.0 Å². The minimum atomic E-state index is -0.176. The third-order valence-corrected chi connectivity index (χ3v) is 2.01. The summed E-state index contributed by atoms with van der Waals surface area (Å²) in [7, 11) is 0. The van der Waals surface area contributed by atoms with Gasteiger partial charge in [0.1, 0.15) is 5.82 Å². The van der Waals surface area contributed by atoms with Crippen LogP contribution in [0.3, 0.4) is 0 Å². The van der Waals surface area contributed by atoms with E-state index >= 15 is 0 Å². The second-order valence-corrected chi connectivity index (χ2v) is 2.98. The van der Waals surface area contributed by atoms with Crippen molar-refractivity contribution >= 4 is 5.69 Å². The third kappa shape index (κ3) is 2.70. The lowest BCUT2D eigenvalue weighted by Crippen LogP contribution is -2.51. The van der Waals surface area contributed by atoms with Crippen LogP contribution in [0, 0.1) is 5.82 Å². The Kier molecular flexibility index (Phi) is 4.40. The number of hydrogen-bond donors (Lipinski definition) is 2. The van der Waals surface area contributed by atoms with Crippen LogP contribution in [-0.4, -0.2) is 19.1 Å². The first-order chi connectivity index (χ1) is 6.86. The first-order valence-electron chi connectivity index (χ1n) is 5.08. The molecule has 0 unspecified atom stereocenters. The van der Waals surface area contributed by atoms with Gasteiger partial charge in [0, 0.05) is 13.1 Å². The Hall–Kier alpha value is -1.09. The zero-order valence-corrected chi connectivity index (χ0v) is 8.68. The van der Waals surface area contributed by atoms with E-state index in [4.69, 9.17) is 0 Å². The van der Waals surface area contributed by atoms with E-state index in [0.717, 1.165) is 13.1 Å². The van der Waals surface area contributed by atoms with E-state index < -0.39 is 0 Å². The van der Waals surface area contributed by atoms with Crippen molar-refractivity contribution in [1.29, 1.82) is 0 Å². The van der Waals surface area contributed by atoms with E-state index in [9.17, 15) is 4.39 Å². The number of hydrogen-bond acceptors (Lipinski definition) is 2. The smallest absolute Gasteiger partial charge is 0.146 e. The van der Waals surface area contributed by atoms with Gasteiger partial charge in [0.25, 0.3) is 0 Å². The SMILES string of the molecule is CC.Fc1ccccc1NC1CNC1. The fourth-order valence-electron chi connectivity index (χ4n) is 1.19. The summed E-state index contributed by atoms with van der Waals surface area (Å²) >= 11 is 0. The molecule has 2 rings (SSSR count). The van der Waals surface area contributed by atoms with E-state index in [1.807, 2.05) is 19.9 Å². The fourth-order valence-corrected chi connectivity index (χ4v) is 1.19. The molecule has 1 heterocycles. The van der Waals surface area contributed by atoms with Crippen molar-refractivity contribution in [2.24, 2.45) is 0 Å². The quantitative estimate of drug-likeness (QED) is 0.758. The molecule has 2 N–H and O–H groups in total. The maximum absolute atomic E-state index is 13.0. The molecule has 1 aromatic rings. The predicted octanol–water partition coefficient (Wildman–Crippen LogP) is 2.24. The van der Waals surface area contributed by atoms with Crippen LogP contribution in [0.5, 0.6) is 0 Å². The van der Waals surface area contributed by atoms with Gasteiger partial charge in [-0.05, 0) is 12.1 Å². The van der Waals surface area contributed by atoms with Crippen LogP contribution in [0.25, 0.3) is 0 Å². The minimum absolute atomic E-state index is 0.176. The summed E-state index contributed by atoms with van der Waals surface area (Å²) in [4.78, 5) is 0. The molecule has 1 aliphatic heterocycles. The molecular weight excluding hydrogens is 179 g/mol. The third-order valence-electron chi connectivity index (χ3n) is 2.01. The van der Waals surface area contributed by atoms with Gasteiger partial charge in [0.15, 0.2) is 0 Å². The number of rotatable bonds is 2. The van der Waals surface area contributed by atoms with Gasteiger partial charge in [-0.2, -0.15) is 0 Å². The predicted molar refractivity (Wildman–Crippen MR) is 58.0 cm³/mol. The average Bonchev–Trinajstić information content (AvgIpc) is 2.17. The normalized spacial score (nSPS) is 15.1. The molecule has 0 aromatic heterocycles. The van der Waals surface area contributed by atoms with Gasteiger partial charge in [0.2, 0.25) is 0 Å². The molecule has 0 saturated carbocycles. The zero-order valence-electron chi connectivity index (χ0n) is 8.68. The molecule has 14 heavy (non-hydrogen) atoms. The summed E-state index contributed by atoms with van der Waals surface area (Å²) < 4.78 is 13.0. The second-order valence-electron chi connectivity index (χ2n) is 2.98. The van der Waals surface area contributed by atoms with Crippen molar-refractivity contribution in [2.75, 3.05) is 18.4 Å². The summed E-state index contributed by atoms with van der Waals surface area (Å²) in [6.45, 7) is 5.85. The molecule has 0 radical (unpaired) electrons. The first kappa shape index (κ1) is 11.0. The molecule has 1 aliphatic rings. The van der Waals surface area contributed by atoms with Crippen molar-refractivity contribution in [1.82, 2.24) is 5.32 Å². The first-order valence-corrected chi connectivity index (χ1v) is 5.08. The number of halogens is 1. The number of nitrogens with one attached hydrogen (secondary N) is 2. The molecule has 1 saturated heterocycles. The van der Waals surface area contributed by atoms with Crippen molar-refractivity contribution < 1.29 is 4.39 Å². The molecule has 3 heteroatoms. The molecule has 78 valence electrons. The highest BCUT2D eigenvalue weighted by Crippen LogP contribution is 2.14. The molecule has 2 nitrogen and oxygen atoms in total. The summed E-state index contributed by atoms with van der Waals surface area (Å²) in [5.74, 6) is -0.176. The van der Waals surface area contributed by atoms with Crippen LogP contribution in [0.4, 0.5) is 10.1 Å². The largest absolute Gasteiger partial charge is 0.377 e. The number of para-hydroxylation sites is 1. The van der Waals surface area contributed by atoms with Gasteiger partial charge < -0.3 is 10.6 Å². The van der Waals surface area contributed by atoms with Crippen LogP contribution >= 0.6 is 0 Å². The monoisotopic (exact) mass is 196 g/mol. The van der Waals surface area contributed by atoms with Gasteiger partial charge in [-0.15, -0.1) is 0 Å². The van der Waals surface area contributed by atoms with Crippen molar-refractivity contribution in [3.63, 3.8) is 0 Å². The number of benzene rings is 1. The van der Waals surface area contributed by atoms with E-state index in [2.05, 4.69) is 10.6 Å². The average molecular weight is 196 g/mol. The lowest BCUT2D eigenvalue weighted by molar-refractivity contribution is 0.469.